The Labute approximate surface area is 108 Å². The summed E-state index contributed by atoms with van der Waals surface area (Å²) in [6.45, 7) is 5.20. The molecule has 3 heteroatoms. The lowest BCUT2D eigenvalue weighted by molar-refractivity contribution is 0.230. The Balaban J connectivity index is 2.17. The molecule has 0 bridgehead atoms. The van der Waals surface area contributed by atoms with E-state index in [0.717, 1.165) is 18.5 Å². The molecule has 0 aliphatic carbocycles. The van der Waals surface area contributed by atoms with Crippen LogP contribution < -0.4 is 5.32 Å². The average Bonchev–Trinajstić information content (AvgIpc) is 2.36. The van der Waals surface area contributed by atoms with Gasteiger partial charge in [-0.3, -0.25) is 4.98 Å². The number of rotatable bonds is 5. The smallest absolute Gasteiger partial charge is 0.0705 e. The molecule has 2 N–H and O–H groups in total. The summed E-state index contributed by atoms with van der Waals surface area (Å²) in [4.78, 5) is 4.35. The Morgan fingerprint density at radius 2 is 2.00 bits per heavy atom. The van der Waals surface area contributed by atoms with E-state index in [1.807, 2.05) is 30.5 Å². The van der Waals surface area contributed by atoms with Gasteiger partial charge in [0, 0.05) is 30.3 Å². The van der Waals surface area contributed by atoms with Crippen LogP contribution in [0.5, 0.6) is 0 Å². The van der Waals surface area contributed by atoms with Crippen LogP contribution in [0.3, 0.4) is 0 Å². The number of aliphatic hydroxyl groups excluding tert-OH is 1. The summed E-state index contributed by atoms with van der Waals surface area (Å²) in [5, 5.41) is 13.7. The lowest BCUT2D eigenvalue weighted by Gasteiger charge is -2.25. The molecule has 0 spiro atoms. The number of pyridine rings is 1. The second-order valence-corrected chi connectivity index (χ2v) is 5.20. The largest absolute Gasteiger partial charge is 0.396 e. The Hall–Kier alpha value is -1.45. The first-order valence-electron chi connectivity index (χ1n) is 6.31. The van der Waals surface area contributed by atoms with Crippen LogP contribution >= 0.6 is 0 Å². The maximum absolute atomic E-state index is 9.02. The van der Waals surface area contributed by atoms with E-state index >= 15 is 0 Å². The van der Waals surface area contributed by atoms with E-state index < -0.39 is 0 Å². The van der Waals surface area contributed by atoms with Crippen LogP contribution in [-0.4, -0.2) is 22.2 Å². The SMILES string of the molecule is CC(C)(CCO)NCc1ccnc2ccccc12. The van der Waals surface area contributed by atoms with Crippen LogP contribution in [0.4, 0.5) is 0 Å². The molecule has 1 heterocycles. The Bertz CT molecular complexity index is 517. The summed E-state index contributed by atoms with van der Waals surface area (Å²) in [6, 6.07) is 10.2. The van der Waals surface area contributed by atoms with E-state index in [4.69, 9.17) is 5.11 Å². The third kappa shape index (κ3) is 3.06. The van der Waals surface area contributed by atoms with E-state index in [2.05, 4.69) is 30.2 Å². The number of aromatic nitrogens is 1. The number of benzene rings is 1. The van der Waals surface area contributed by atoms with Crippen LogP contribution in [0.25, 0.3) is 10.9 Å². The summed E-state index contributed by atoms with van der Waals surface area (Å²) < 4.78 is 0. The van der Waals surface area contributed by atoms with Gasteiger partial charge < -0.3 is 10.4 Å². The van der Waals surface area contributed by atoms with Gasteiger partial charge in [0.15, 0.2) is 0 Å². The predicted octanol–water partition coefficient (Wildman–Crippen LogP) is 2.49. The minimum absolute atomic E-state index is 0.0564. The highest BCUT2D eigenvalue weighted by atomic mass is 16.3. The van der Waals surface area contributed by atoms with Crippen molar-refractivity contribution in [3.8, 4) is 0 Å². The zero-order valence-electron chi connectivity index (χ0n) is 11.0. The van der Waals surface area contributed by atoms with E-state index in [1.165, 1.54) is 10.9 Å². The minimum atomic E-state index is -0.0564. The molecule has 0 fully saturated rings. The van der Waals surface area contributed by atoms with Gasteiger partial charge >= 0.3 is 0 Å². The summed E-state index contributed by atoms with van der Waals surface area (Å²) in [6.07, 6.45) is 2.59. The number of para-hydroxylation sites is 1. The molecule has 0 unspecified atom stereocenters. The van der Waals surface area contributed by atoms with Crippen LogP contribution in [0.15, 0.2) is 36.5 Å². The first kappa shape index (κ1) is 13.0. The Kier molecular flexibility index (Phi) is 3.94. The molecule has 0 radical (unpaired) electrons. The number of nitrogens with zero attached hydrogens (tertiary/aromatic N) is 1. The van der Waals surface area contributed by atoms with Gasteiger partial charge in [-0.05, 0) is 38.0 Å². The van der Waals surface area contributed by atoms with Gasteiger partial charge in [-0.25, -0.2) is 0 Å². The van der Waals surface area contributed by atoms with Crippen molar-refractivity contribution in [2.45, 2.75) is 32.4 Å². The summed E-state index contributed by atoms with van der Waals surface area (Å²) in [7, 11) is 0. The Morgan fingerprint density at radius 3 is 2.78 bits per heavy atom. The standard InChI is InChI=1S/C15H20N2O/c1-15(2,8-10-18)17-11-12-7-9-16-14-6-4-3-5-13(12)14/h3-7,9,17-18H,8,10-11H2,1-2H3. The number of aliphatic hydroxyl groups is 1. The molecule has 3 nitrogen and oxygen atoms in total. The number of nitrogens with one attached hydrogen (secondary N) is 1. The van der Waals surface area contributed by atoms with Gasteiger partial charge in [0.25, 0.3) is 0 Å². The molecule has 2 rings (SSSR count). The second kappa shape index (κ2) is 5.46. The summed E-state index contributed by atoms with van der Waals surface area (Å²) in [5.41, 5.74) is 2.21. The molecule has 18 heavy (non-hydrogen) atoms. The molecule has 0 saturated heterocycles. The van der Waals surface area contributed by atoms with E-state index in [0.29, 0.717) is 0 Å². The first-order valence-corrected chi connectivity index (χ1v) is 6.31. The maximum atomic E-state index is 9.02. The molecule has 0 aliphatic rings. The third-order valence-corrected chi connectivity index (χ3v) is 3.23. The topological polar surface area (TPSA) is 45.1 Å². The average molecular weight is 244 g/mol. The van der Waals surface area contributed by atoms with Gasteiger partial charge in [-0.1, -0.05) is 18.2 Å². The van der Waals surface area contributed by atoms with Crippen molar-refractivity contribution in [1.82, 2.24) is 10.3 Å². The number of hydrogen-bond donors (Lipinski definition) is 2. The lowest BCUT2D eigenvalue weighted by Crippen LogP contribution is -2.39. The molecule has 0 saturated carbocycles. The maximum Gasteiger partial charge on any atom is 0.0705 e. The van der Waals surface area contributed by atoms with Crippen LogP contribution in [0.1, 0.15) is 25.8 Å². The van der Waals surface area contributed by atoms with Crippen molar-refractivity contribution in [2.75, 3.05) is 6.61 Å². The molecule has 1 aromatic heterocycles. The van der Waals surface area contributed by atoms with Crippen molar-refractivity contribution >= 4 is 10.9 Å². The molecule has 96 valence electrons. The fourth-order valence-electron chi connectivity index (χ4n) is 2.01. The van der Waals surface area contributed by atoms with E-state index in [1.54, 1.807) is 0 Å². The fraction of sp³-hybridized carbons (Fsp3) is 0.400. The monoisotopic (exact) mass is 244 g/mol. The molecule has 0 atom stereocenters. The van der Waals surface area contributed by atoms with Crippen LogP contribution in [-0.2, 0) is 6.54 Å². The quantitative estimate of drug-likeness (QED) is 0.849. The highest BCUT2D eigenvalue weighted by Crippen LogP contribution is 2.17. The van der Waals surface area contributed by atoms with Crippen LogP contribution in [0, 0.1) is 0 Å². The second-order valence-electron chi connectivity index (χ2n) is 5.20. The highest BCUT2D eigenvalue weighted by Gasteiger charge is 2.16. The van der Waals surface area contributed by atoms with Gasteiger partial charge in [-0.2, -0.15) is 0 Å². The molecule has 0 amide bonds. The summed E-state index contributed by atoms with van der Waals surface area (Å²) in [5.74, 6) is 0. The first-order chi connectivity index (χ1) is 8.62. The van der Waals surface area contributed by atoms with Crippen molar-refractivity contribution in [3.05, 3.63) is 42.1 Å². The molecule has 1 aromatic carbocycles. The fourth-order valence-corrected chi connectivity index (χ4v) is 2.01. The van der Waals surface area contributed by atoms with Crippen molar-refractivity contribution in [1.29, 1.82) is 0 Å². The summed E-state index contributed by atoms with van der Waals surface area (Å²) >= 11 is 0. The predicted molar refractivity (Wildman–Crippen MR) is 74.4 cm³/mol. The van der Waals surface area contributed by atoms with E-state index in [-0.39, 0.29) is 12.1 Å². The third-order valence-electron chi connectivity index (χ3n) is 3.23. The zero-order valence-corrected chi connectivity index (χ0v) is 11.0. The molecular formula is C15H20N2O. The molecule has 2 aromatic rings. The van der Waals surface area contributed by atoms with E-state index in [9.17, 15) is 0 Å². The number of hydrogen-bond acceptors (Lipinski definition) is 3. The molecule has 0 aliphatic heterocycles. The van der Waals surface area contributed by atoms with Crippen molar-refractivity contribution in [3.63, 3.8) is 0 Å². The lowest BCUT2D eigenvalue weighted by atomic mass is 10.0. The normalized spacial score (nSPS) is 11.9. The zero-order chi connectivity index (χ0) is 13.0. The Morgan fingerprint density at radius 1 is 1.22 bits per heavy atom. The van der Waals surface area contributed by atoms with Gasteiger partial charge in [-0.15, -0.1) is 0 Å². The number of fused-ring (bicyclic) bond motifs is 1. The van der Waals surface area contributed by atoms with Crippen molar-refractivity contribution < 1.29 is 5.11 Å². The highest BCUT2D eigenvalue weighted by molar-refractivity contribution is 5.81. The molecular weight excluding hydrogens is 224 g/mol. The van der Waals surface area contributed by atoms with Gasteiger partial charge in [0.2, 0.25) is 0 Å². The van der Waals surface area contributed by atoms with Crippen molar-refractivity contribution in [2.24, 2.45) is 0 Å². The van der Waals surface area contributed by atoms with Gasteiger partial charge in [0.1, 0.15) is 0 Å². The van der Waals surface area contributed by atoms with Crippen LogP contribution in [0.2, 0.25) is 0 Å². The minimum Gasteiger partial charge on any atom is -0.396 e. The van der Waals surface area contributed by atoms with Gasteiger partial charge in [0.05, 0.1) is 5.52 Å².